The Balaban J connectivity index is 1.82. The van der Waals surface area contributed by atoms with Crippen molar-refractivity contribution < 1.29 is 9.13 Å². The summed E-state index contributed by atoms with van der Waals surface area (Å²) in [5.74, 6) is 4.55. The van der Waals surface area contributed by atoms with Crippen LogP contribution in [0.4, 0.5) is 10.3 Å². The summed E-state index contributed by atoms with van der Waals surface area (Å²) in [6.07, 6.45) is 6.06. The van der Waals surface area contributed by atoms with Gasteiger partial charge in [-0.25, -0.2) is 10.8 Å². The van der Waals surface area contributed by atoms with Crippen LogP contribution in [0.2, 0.25) is 0 Å². The third-order valence-corrected chi connectivity index (χ3v) is 2.44. The Labute approximate surface area is 109 Å². The number of ether oxygens (including phenoxy) is 1. The molecule has 0 amide bonds. The van der Waals surface area contributed by atoms with Crippen molar-refractivity contribution in [3.63, 3.8) is 0 Å². The molecule has 0 unspecified atom stereocenters. The number of aromatic nitrogens is 3. The van der Waals surface area contributed by atoms with Crippen LogP contribution in [0.1, 0.15) is 12.0 Å². The van der Waals surface area contributed by atoms with Gasteiger partial charge in [0.2, 0.25) is 11.8 Å². The Morgan fingerprint density at radius 2 is 2.11 bits per heavy atom. The molecule has 2 aromatic rings. The molecular weight excluding hydrogens is 249 g/mol. The van der Waals surface area contributed by atoms with Crippen LogP contribution >= 0.6 is 0 Å². The molecular formula is C12H14FN5O. The minimum absolute atomic E-state index is 0.0994. The zero-order chi connectivity index (χ0) is 13.5. The third kappa shape index (κ3) is 3.85. The van der Waals surface area contributed by atoms with Gasteiger partial charge in [0, 0.05) is 12.4 Å². The monoisotopic (exact) mass is 263 g/mol. The summed E-state index contributed by atoms with van der Waals surface area (Å²) in [7, 11) is 0. The number of hydrogen-bond donors (Lipinski definition) is 2. The zero-order valence-electron chi connectivity index (χ0n) is 10.2. The standard InChI is InChI=1S/C12H14FN5O/c13-10-8-16-12(18-14)17-11(10)19-7-1-2-9-3-5-15-6-4-9/h3-6,8H,1-2,7,14H2,(H,16,17,18). The summed E-state index contributed by atoms with van der Waals surface area (Å²) >= 11 is 0. The summed E-state index contributed by atoms with van der Waals surface area (Å²) in [5, 5.41) is 0. The number of anilines is 1. The second-order valence-electron chi connectivity index (χ2n) is 3.80. The number of nitrogens with one attached hydrogen (secondary N) is 1. The molecule has 0 bridgehead atoms. The molecule has 100 valence electrons. The average Bonchev–Trinajstić information content (AvgIpc) is 2.46. The lowest BCUT2D eigenvalue weighted by atomic mass is 10.1. The van der Waals surface area contributed by atoms with Crippen LogP contribution < -0.4 is 16.0 Å². The number of aryl methyl sites for hydroxylation is 1. The minimum atomic E-state index is -0.608. The molecule has 0 atom stereocenters. The smallest absolute Gasteiger partial charge is 0.255 e. The molecule has 2 heterocycles. The van der Waals surface area contributed by atoms with Gasteiger partial charge in [0.15, 0.2) is 0 Å². The van der Waals surface area contributed by atoms with E-state index in [9.17, 15) is 4.39 Å². The van der Waals surface area contributed by atoms with Crippen LogP contribution in [0.5, 0.6) is 5.88 Å². The maximum atomic E-state index is 13.3. The predicted octanol–water partition coefficient (Wildman–Crippen LogP) is 1.31. The summed E-state index contributed by atoms with van der Waals surface area (Å²) < 4.78 is 18.6. The first kappa shape index (κ1) is 13.2. The van der Waals surface area contributed by atoms with Crippen molar-refractivity contribution in [3.8, 4) is 5.88 Å². The van der Waals surface area contributed by atoms with Crippen LogP contribution in [-0.4, -0.2) is 21.6 Å². The first-order valence-corrected chi connectivity index (χ1v) is 5.80. The van der Waals surface area contributed by atoms with E-state index in [0.717, 1.165) is 24.6 Å². The van der Waals surface area contributed by atoms with E-state index in [4.69, 9.17) is 10.6 Å². The van der Waals surface area contributed by atoms with Crippen LogP contribution in [0.25, 0.3) is 0 Å². The second-order valence-corrected chi connectivity index (χ2v) is 3.80. The fourth-order valence-corrected chi connectivity index (χ4v) is 1.52. The van der Waals surface area contributed by atoms with Gasteiger partial charge in [-0.2, -0.15) is 9.37 Å². The molecule has 6 nitrogen and oxygen atoms in total. The van der Waals surface area contributed by atoms with Gasteiger partial charge in [0.1, 0.15) is 0 Å². The first-order chi connectivity index (χ1) is 9.29. The number of halogens is 1. The number of nitrogens with zero attached hydrogens (tertiary/aromatic N) is 3. The van der Waals surface area contributed by atoms with Crippen LogP contribution in [0, 0.1) is 5.82 Å². The molecule has 0 radical (unpaired) electrons. The first-order valence-electron chi connectivity index (χ1n) is 5.80. The van der Waals surface area contributed by atoms with E-state index in [0.29, 0.717) is 6.61 Å². The van der Waals surface area contributed by atoms with Crippen molar-refractivity contribution >= 4 is 5.95 Å². The van der Waals surface area contributed by atoms with Crippen molar-refractivity contribution in [2.75, 3.05) is 12.0 Å². The van der Waals surface area contributed by atoms with Gasteiger partial charge in [-0.15, -0.1) is 0 Å². The van der Waals surface area contributed by atoms with Crippen molar-refractivity contribution in [2.24, 2.45) is 5.84 Å². The van der Waals surface area contributed by atoms with Crippen LogP contribution in [0.3, 0.4) is 0 Å². The van der Waals surface area contributed by atoms with Crippen molar-refractivity contribution in [2.45, 2.75) is 12.8 Å². The highest BCUT2D eigenvalue weighted by atomic mass is 19.1. The number of nitrogen functional groups attached to an aromatic ring is 1. The van der Waals surface area contributed by atoms with Gasteiger partial charge in [-0.05, 0) is 30.5 Å². The highest BCUT2D eigenvalue weighted by molar-refractivity contribution is 5.26. The molecule has 2 rings (SSSR count). The molecule has 0 fully saturated rings. The molecule has 0 saturated heterocycles. The minimum Gasteiger partial charge on any atom is -0.475 e. The maximum Gasteiger partial charge on any atom is 0.255 e. The van der Waals surface area contributed by atoms with E-state index in [1.165, 1.54) is 0 Å². The lowest BCUT2D eigenvalue weighted by Crippen LogP contribution is -2.12. The van der Waals surface area contributed by atoms with Gasteiger partial charge in [-0.3, -0.25) is 10.4 Å². The Kier molecular flexibility index (Phi) is 4.57. The molecule has 0 aliphatic carbocycles. The Bertz CT molecular complexity index is 523. The third-order valence-electron chi connectivity index (χ3n) is 2.44. The fraction of sp³-hybridized carbons (Fsp3) is 0.250. The number of nitrogens with two attached hydrogens (primary N) is 1. The van der Waals surface area contributed by atoms with Gasteiger partial charge < -0.3 is 4.74 Å². The molecule has 0 aromatic carbocycles. The highest BCUT2D eigenvalue weighted by Gasteiger charge is 2.07. The molecule has 0 aliphatic rings. The lowest BCUT2D eigenvalue weighted by molar-refractivity contribution is 0.282. The Morgan fingerprint density at radius 3 is 2.84 bits per heavy atom. The van der Waals surface area contributed by atoms with E-state index >= 15 is 0 Å². The lowest BCUT2D eigenvalue weighted by Gasteiger charge is -2.07. The van der Waals surface area contributed by atoms with Crippen molar-refractivity contribution in [1.82, 2.24) is 15.0 Å². The summed E-state index contributed by atoms with van der Waals surface area (Å²) in [4.78, 5) is 11.3. The average molecular weight is 263 g/mol. The van der Waals surface area contributed by atoms with Crippen molar-refractivity contribution in [1.29, 1.82) is 0 Å². The maximum absolute atomic E-state index is 13.3. The molecule has 0 aliphatic heterocycles. The predicted molar refractivity (Wildman–Crippen MR) is 67.9 cm³/mol. The number of pyridine rings is 1. The molecule has 19 heavy (non-hydrogen) atoms. The van der Waals surface area contributed by atoms with E-state index in [1.54, 1.807) is 12.4 Å². The van der Waals surface area contributed by atoms with Crippen LogP contribution in [0.15, 0.2) is 30.7 Å². The van der Waals surface area contributed by atoms with Gasteiger partial charge in [-0.1, -0.05) is 0 Å². The summed E-state index contributed by atoms with van der Waals surface area (Å²) in [5.41, 5.74) is 3.39. The van der Waals surface area contributed by atoms with Gasteiger partial charge in [0.25, 0.3) is 5.88 Å². The molecule has 7 heteroatoms. The van der Waals surface area contributed by atoms with Crippen LogP contribution in [-0.2, 0) is 6.42 Å². The zero-order valence-corrected chi connectivity index (χ0v) is 10.2. The van der Waals surface area contributed by atoms with Gasteiger partial charge >= 0.3 is 0 Å². The van der Waals surface area contributed by atoms with E-state index in [1.807, 2.05) is 12.1 Å². The Hall–Kier alpha value is -2.28. The quantitative estimate of drug-likeness (QED) is 0.464. The van der Waals surface area contributed by atoms with E-state index < -0.39 is 5.82 Å². The molecule has 0 spiro atoms. The molecule has 2 aromatic heterocycles. The molecule has 0 saturated carbocycles. The SMILES string of the molecule is NNc1ncc(F)c(OCCCc2ccncc2)n1. The fourth-order valence-electron chi connectivity index (χ4n) is 1.52. The second kappa shape index (κ2) is 6.60. The van der Waals surface area contributed by atoms with E-state index in [-0.39, 0.29) is 11.8 Å². The van der Waals surface area contributed by atoms with Gasteiger partial charge in [0.05, 0.1) is 12.8 Å². The summed E-state index contributed by atoms with van der Waals surface area (Å²) in [6, 6.07) is 3.86. The topological polar surface area (TPSA) is 86.0 Å². The number of hydrogen-bond acceptors (Lipinski definition) is 6. The van der Waals surface area contributed by atoms with Crippen molar-refractivity contribution in [3.05, 3.63) is 42.1 Å². The number of rotatable bonds is 6. The largest absolute Gasteiger partial charge is 0.475 e. The highest BCUT2D eigenvalue weighted by Crippen LogP contribution is 2.14. The normalized spacial score (nSPS) is 10.2. The number of hydrazine groups is 1. The summed E-state index contributed by atoms with van der Waals surface area (Å²) in [6.45, 7) is 0.361. The Morgan fingerprint density at radius 1 is 1.32 bits per heavy atom. The van der Waals surface area contributed by atoms with E-state index in [2.05, 4.69) is 20.4 Å². The molecule has 3 N–H and O–H groups in total.